The number of piperazine rings is 1. The lowest BCUT2D eigenvalue weighted by molar-refractivity contribution is -0.126. The van der Waals surface area contributed by atoms with Crippen LogP contribution in [0.15, 0.2) is 24.3 Å². The van der Waals surface area contributed by atoms with Gasteiger partial charge in [-0.05, 0) is 31.7 Å². The quantitative estimate of drug-likeness (QED) is 0.816. The second-order valence-electron chi connectivity index (χ2n) is 4.51. The van der Waals surface area contributed by atoms with Crippen molar-refractivity contribution in [3.63, 3.8) is 0 Å². The lowest BCUT2D eigenvalue weighted by Gasteiger charge is -2.37. The minimum absolute atomic E-state index is 0.0214. The molecular formula is C13H18N2O2. The molecule has 1 N–H and O–H groups in total. The second kappa shape index (κ2) is 4.85. The fraction of sp³-hybridized carbons (Fsp3) is 0.462. The maximum Gasteiger partial charge on any atom is 0.246 e. The van der Waals surface area contributed by atoms with Crippen molar-refractivity contribution in [1.29, 1.82) is 0 Å². The first-order chi connectivity index (χ1) is 8.13. The molecule has 1 amide bonds. The van der Waals surface area contributed by atoms with Crippen LogP contribution in [0, 0.1) is 6.92 Å². The zero-order valence-corrected chi connectivity index (χ0v) is 10.3. The number of aliphatic hydroxyl groups excluding tert-OH is 1. The maximum absolute atomic E-state index is 12.2. The van der Waals surface area contributed by atoms with Crippen molar-refractivity contribution in [2.24, 2.45) is 0 Å². The molecule has 1 atom stereocenters. The predicted molar refractivity (Wildman–Crippen MR) is 67.0 cm³/mol. The second-order valence-corrected chi connectivity index (χ2v) is 4.51. The molecule has 92 valence electrons. The summed E-state index contributed by atoms with van der Waals surface area (Å²) in [5, 5.41) is 9.26. The van der Waals surface area contributed by atoms with Crippen molar-refractivity contribution in [3.8, 4) is 0 Å². The highest BCUT2D eigenvalue weighted by molar-refractivity contribution is 5.98. The molecule has 1 unspecified atom stereocenters. The highest BCUT2D eigenvalue weighted by Gasteiger charge is 2.32. The van der Waals surface area contributed by atoms with Gasteiger partial charge in [0.15, 0.2) is 0 Å². The molecule has 1 aromatic carbocycles. The Hall–Kier alpha value is -1.39. The standard InChI is InChI=1S/C13H18N2O2/c1-10-4-3-5-11(8-10)15-7-6-14(2)12(9-16)13(15)17/h3-5,8,12,16H,6-7,9H2,1-2H3. The van der Waals surface area contributed by atoms with Gasteiger partial charge in [0.05, 0.1) is 6.61 Å². The van der Waals surface area contributed by atoms with Gasteiger partial charge in [0.25, 0.3) is 0 Å². The molecule has 0 saturated carbocycles. The van der Waals surface area contributed by atoms with E-state index in [1.807, 2.05) is 43.1 Å². The molecular weight excluding hydrogens is 216 g/mol. The molecule has 1 fully saturated rings. The zero-order valence-electron chi connectivity index (χ0n) is 10.3. The van der Waals surface area contributed by atoms with Crippen LogP contribution in [-0.4, -0.2) is 48.7 Å². The van der Waals surface area contributed by atoms with E-state index in [1.54, 1.807) is 4.90 Å². The Bertz CT molecular complexity index is 420. The minimum Gasteiger partial charge on any atom is -0.394 e. The van der Waals surface area contributed by atoms with Crippen LogP contribution in [0.25, 0.3) is 0 Å². The van der Waals surface area contributed by atoms with Crippen LogP contribution in [0.5, 0.6) is 0 Å². The number of likely N-dealkylation sites (N-methyl/N-ethyl adjacent to an activating group) is 1. The van der Waals surface area contributed by atoms with Gasteiger partial charge in [-0.2, -0.15) is 0 Å². The van der Waals surface area contributed by atoms with Gasteiger partial charge in [-0.1, -0.05) is 12.1 Å². The van der Waals surface area contributed by atoms with Crippen LogP contribution in [-0.2, 0) is 4.79 Å². The van der Waals surface area contributed by atoms with Crippen molar-refractivity contribution in [3.05, 3.63) is 29.8 Å². The number of carbonyl (C=O) groups is 1. The molecule has 1 aliphatic rings. The van der Waals surface area contributed by atoms with Gasteiger partial charge in [-0.15, -0.1) is 0 Å². The molecule has 2 rings (SSSR count). The van der Waals surface area contributed by atoms with Crippen molar-refractivity contribution in [2.75, 3.05) is 31.6 Å². The number of amides is 1. The third kappa shape index (κ3) is 2.33. The van der Waals surface area contributed by atoms with E-state index in [0.29, 0.717) is 6.54 Å². The molecule has 4 heteroatoms. The molecule has 4 nitrogen and oxygen atoms in total. The van der Waals surface area contributed by atoms with Gasteiger partial charge in [-0.25, -0.2) is 0 Å². The molecule has 0 bridgehead atoms. The van der Waals surface area contributed by atoms with Crippen LogP contribution in [0.4, 0.5) is 5.69 Å². The fourth-order valence-electron chi connectivity index (χ4n) is 2.16. The van der Waals surface area contributed by atoms with Gasteiger partial charge in [0.2, 0.25) is 5.91 Å². The topological polar surface area (TPSA) is 43.8 Å². The number of aliphatic hydroxyl groups is 1. The van der Waals surface area contributed by atoms with Crippen LogP contribution in [0.1, 0.15) is 5.56 Å². The summed E-state index contributed by atoms with van der Waals surface area (Å²) < 4.78 is 0. The van der Waals surface area contributed by atoms with Crippen molar-refractivity contribution >= 4 is 11.6 Å². The molecule has 17 heavy (non-hydrogen) atoms. The van der Waals surface area contributed by atoms with Crippen molar-refractivity contribution in [1.82, 2.24) is 4.90 Å². The summed E-state index contributed by atoms with van der Waals surface area (Å²) in [6, 6.07) is 7.48. The number of carbonyl (C=O) groups excluding carboxylic acids is 1. The van der Waals surface area contributed by atoms with E-state index in [4.69, 9.17) is 0 Å². The lowest BCUT2D eigenvalue weighted by Crippen LogP contribution is -2.57. The highest BCUT2D eigenvalue weighted by atomic mass is 16.3. The van der Waals surface area contributed by atoms with E-state index in [-0.39, 0.29) is 12.5 Å². The van der Waals surface area contributed by atoms with E-state index in [2.05, 4.69) is 0 Å². The number of anilines is 1. The Morgan fingerprint density at radius 3 is 2.82 bits per heavy atom. The van der Waals surface area contributed by atoms with Gasteiger partial charge in [-0.3, -0.25) is 9.69 Å². The minimum atomic E-state index is -0.413. The van der Waals surface area contributed by atoms with Gasteiger partial charge in [0.1, 0.15) is 6.04 Å². The Balaban J connectivity index is 2.25. The number of hydrogen-bond acceptors (Lipinski definition) is 3. The monoisotopic (exact) mass is 234 g/mol. The van der Waals surface area contributed by atoms with Crippen molar-refractivity contribution in [2.45, 2.75) is 13.0 Å². The molecule has 0 aliphatic carbocycles. The largest absolute Gasteiger partial charge is 0.394 e. The van der Waals surface area contributed by atoms with Crippen LogP contribution < -0.4 is 4.90 Å². The van der Waals surface area contributed by atoms with Gasteiger partial charge >= 0.3 is 0 Å². The Morgan fingerprint density at radius 1 is 1.41 bits per heavy atom. The molecule has 0 aromatic heterocycles. The summed E-state index contributed by atoms with van der Waals surface area (Å²) >= 11 is 0. The first kappa shape index (κ1) is 12.1. The number of nitrogens with zero attached hydrogens (tertiary/aromatic N) is 2. The predicted octanol–water partition coefficient (Wildman–Crippen LogP) is 0.634. The van der Waals surface area contributed by atoms with E-state index in [9.17, 15) is 9.90 Å². The summed E-state index contributed by atoms with van der Waals surface area (Å²) in [6.45, 7) is 3.34. The van der Waals surface area contributed by atoms with E-state index >= 15 is 0 Å². The van der Waals surface area contributed by atoms with E-state index < -0.39 is 6.04 Å². The summed E-state index contributed by atoms with van der Waals surface area (Å²) in [6.07, 6.45) is 0. The average Bonchev–Trinajstić information content (AvgIpc) is 2.29. The number of rotatable bonds is 2. The SMILES string of the molecule is Cc1cccc(N2CCN(C)C(CO)C2=O)c1. The normalized spacial score (nSPS) is 21.9. The Morgan fingerprint density at radius 2 is 2.18 bits per heavy atom. The third-order valence-electron chi connectivity index (χ3n) is 3.25. The fourth-order valence-corrected chi connectivity index (χ4v) is 2.16. The van der Waals surface area contributed by atoms with Gasteiger partial charge < -0.3 is 10.0 Å². The zero-order chi connectivity index (χ0) is 12.4. The number of aryl methyl sites for hydroxylation is 1. The van der Waals surface area contributed by atoms with E-state index in [1.165, 1.54) is 0 Å². The van der Waals surface area contributed by atoms with Crippen molar-refractivity contribution < 1.29 is 9.90 Å². The molecule has 0 spiro atoms. The first-order valence-corrected chi connectivity index (χ1v) is 5.82. The molecule has 1 heterocycles. The van der Waals surface area contributed by atoms with Crippen LogP contribution in [0.3, 0.4) is 0 Å². The molecule has 1 saturated heterocycles. The average molecular weight is 234 g/mol. The molecule has 1 aliphatic heterocycles. The summed E-state index contributed by atoms with van der Waals surface area (Å²) in [5.74, 6) is -0.0214. The number of benzene rings is 1. The van der Waals surface area contributed by atoms with Gasteiger partial charge in [0, 0.05) is 18.8 Å². The lowest BCUT2D eigenvalue weighted by atomic mass is 10.1. The summed E-state index contributed by atoms with van der Waals surface area (Å²) in [7, 11) is 1.87. The Kier molecular flexibility index (Phi) is 3.45. The van der Waals surface area contributed by atoms with E-state index in [0.717, 1.165) is 17.8 Å². The van der Waals surface area contributed by atoms with Crippen LogP contribution >= 0.6 is 0 Å². The Labute approximate surface area is 101 Å². The molecule has 0 radical (unpaired) electrons. The molecule has 1 aromatic rings. The summed E-state index contributed by atoms with van der Waals surface area (Å²) in [5.41, 5.74) is 2.05. The maximum atomic E-state index is 12.2. The number of hydrogen-bond donors (Lipinski definition) is 1. The first-order valence-electron chi connectivity index (χ1n) is 5.82. The smallest absolute Gasteiger partial charge is 0.246 e. The van der Waals surface area contributed by atoms with Crippen LogP contribution in [0.2, 0.25) is 0 Å². The summed E-state index contributed by atoms with van der Waals surface area (Å²) in [4.78, 5) is 15.9. The third-order valence-corrected chi connectivity index (χ3v) is 3.25. The highest BCUT2D eigenvalue weighted by Crippen LogP contribution is 2.20.